The van der Waals surface area contributed by atoms with Crippen molar-refractivity contribution in [2.75, 3.05) is 6.54 Å². The van der Waals surface area contributed by atoms with Gasteiger partial charge in [0.2, 0.25) is 5.91 Å². The summed E-state index contributed by atoms with van der Waals surface area (Å²) in [6.45, 7) is 1.23. The Labute approximate surface area is 191 Å². The number of fused-ring (bicyclic) bond motifs is 1. The molecule has 4 aliphatic rings. The lowest BCUT2D eigenvalue weighted by Gasteiger charge is -2.56. The molecule has 5 heteroatoms. The van der Waals surface area contributed by atoms with Crippen molar-refractivity contribution in [3.05, 3.63) is 65.2 Å². The second-order valence-corrected chi connectivity index (χ2v) is 9.67. The van der Waals surface area contributed by atoms with Crippen molar-refractivity contribution in [2.45, 2.75) is 68.2 Å². The van der Waals surface area contributed by atoms with Gasteiger partial charge >= 0.3 is 0 Å². The number of benzene rings is 2. The predicted octanol–water partition coefficient (Wildman–Crippen LogP) is 4.36. The number of piperidine rings is 1. The van der Waals surface area contributed by atoms with Crippen LogP contribution in [-0.2, 0) is 22.0 Å². The monoisotopic (exact) mass is 440 g/mol. The molecule has 1 amide bonds. The third-order valence-electron chi connectivity index (χ3n) is 8.20. The van der Waals surface area contributed by atoms with Gasteiger partial charge in [-0.3, -0.25) is 4.79 Å². The first-order chi connectivity index (χ1) is 14.6. The van der Waals surface area contributed by atoms with E-state index >= 15 is 0 Å². The summed E-state index contributed by atoms with van der Waals surface area (Å²) in [5, 5.41) is 12.9. The van der Waals surface area contributed by atoms with Crippen molar-refractivity contribution < 1.29 is 9.90 Å². The Bertz CT molecular complexity index is 937. The topological polar surface area (TPSA) is 75.4 Å². The lowest BCUT2D eigenvalue weighted by Crippen LogP contribution is -2.59. The van der Waals surface area contributed by atoms with Crippen molar-refractivity contribution in [1.82, 2.24) is 5.32 Å². The van der Waals surface area contributed by atoms with E-state index in [9.17, 15) is 4.79 Å². The standard InChI is InChI=1S/C16H21N.C10H11NO2.ClH/c1-2-6-13-12(5-1)11-15-14-7-3-4-8-16(13,14)9-10-17-15;11-9(13)10(5-6-10)7-1-3-8(12)4-2-7;/h1-2,5-6,14-15,17H,3-4,7-11H2;1-4,12H,5-6H2,(H2,11,13);1H/t14-,15+,16-;;/m0../s1. The number of nitrogens with two attached hydrogens (primary N) is 1. The molecule has 0 unspecified atom stereocenters. The number of nitrogens with one attached hydrogen (secondary N) is 1. The maximum atomic E-state index is 11.1. The summed E-state index contributed by atoms with van der Waals surface area (Å²) in [6.07, 6.45) is 10.1. The molecule has 1 heterocycles. The molecule has 31 heavy (non-hydrogen) atoms. The fourth-order valence-corrected chi connectivity index (χ4v) is 6.47. The van der Waals surface area contributed by atoms with Crippen LogP contribution in [0.3, 0.4) is 0 Å². The molecule has 4 N–H and O–H groups in total. The zero-order valence-corrected chi connectivity index (χ0v) is 18.8. The number of rotatable bonds is 2. The summed E-state index contributed by atoms with van der Waals surface area (Å²) in [5.74, 6) is 0.863. The molecule has 6 rings (SSSR count). The Morgan fingerprint density at radius 3 is 2.45 bits per heavy atom. The largest absolute Gasteiger partial charge is 0.508 e. The molecule has 3 aliphatic carbocycles. The van der Waals surface area contributed by atoms with Crippen LogP contribution in [0.15, 0.2) is 48.5 Å². The first-order valence-electron chi connectivity index (χ1n) is 11.5. The molecule has 1 aliphatic heterocycles. The van der Waals surface area contributed by atoms with Gasteiger partial charge < -0.3 is 16.2 Å². The van der Waals surface area contributed by atoms with Crippen molar-refractivity contribution in [2.24, 2.45) is 11.7 Å². The van der Waals surface area contributed by atoms with E-state index in [0.717, 1.165) is 30.4 Å². The van der Waals surface area contributed by atoms with E-state index in [-0.39, 0.29) is 24.1 Å². The number of phenolic OH excluding ortho intramolecular Hbond substituents is 1. The third kappa shape index (κ3) is 3.74. The van der Waals surface area contributed by atoms with E-state index in [4.69, 9.17) is 10.8 Å². The number of halogens is 1. The Morgan fingerprint density at radius 2 is 1.74 bits per heavy atom. The van der Waals surface area contributed by atoms with Crippen LogP contribution in [-0.4, -0.2) is 23.6 Å². The molecule has 166 valence electrons. The number of hydrogen-bond donors (Lipinski definition) is 3. The minimum Gasteiger partial charge on any atom is -0.508 e. The van der Waals surface area contributed by atoms with Gasteiger partial charge in [0.1, 0.15) is 5.75 Å². The maximum absolute atomic E-state index is 11.1. The second-order valence-electron chi connectivity index (χ2n) is 9.67. The van der Waals surface area contributed by atoms with Gasteiger partial charge in [-0.15, -0.1) is 12.4 Å². The number of hydrogen-bond acceptors (Lipinski definition) is 3. The number of carbonyl (C=O) groups is 1. The molecule has 2 bridgehead atoms. The average Bonchev–Trinajstić information content (AvgIpc) is 3.57. The summed E-state index contributed by atoms with van der Waals surface area (Å²) in [5.41, 5.74) is 9.66. The molecule has 1 saturated heterocycles. The molecule has 0 aromatic heterocycles. The SMILES string of the molecule is Cl.NC(=O)C1(c2ccc(O)cc2)CC1.c1ccc2c(c1)C[C@H]1NCC[C@@]23CCCC[C@@H]13. The fourth-order valence-electron chi connectivity index (χ4n) is 6.47. The van der Waals surface area contributed by atoms with Crippen LogP contribution in [0.25, 0.3) is 0 Å². The Hall–Kier alpha value is -2.04. The van der Waals surface area contributed by atoms with Crippen LogP contribution in [0.1, 0.15) is 61.6 Å². The van der Waals surface area contributed by atoms with E-state index in [0.29, 0.717) is 5.41 Å². The van der Waals surface area contributed by atoms with Crippen LogP contribution >= 0.6 is 12.4 Å². The van der Waals surface area contributed by atoms with Crippen molar-refractivity contribution in [3.63, 3.8) is 0 Å². The van der Waals surface area contributed by atoms with Gasteiger partial charge in [-0.2, -0.15) is 0 Å². The van der Waals surface area contributed by atoms with E-state index in [2.05, 4.69) is 29.6 Å². The summed E-state index contributed by atoms with van der Waals surface area (Å²) >= 11 is 0. The summed E-state index contributed by atoms with van der Waals surface area (Å²) in [4.78, 5) is 11.1. The highest BCUT2D eigenvalue weighted by Crippen LogP contribution is 2.53. The van der Waals surface area contributed by atoms with Crippen LogP contribution in [0.5, 0.6) is 5.75 Å². The third-order valence-corrected chi connectivity index (χ3v) is 8.20. The van der Waals surface area contributed by atoms with Crippen molar-refractivity contribution >= 4 is 18.3 Å². The smallest absolute Gasteiger partial charge is 0.228 e. The van der Waals surface area contributed by atoms with Gasteiger partial charge in [-0.25, -0.2) is 0 Å². The fraction of sp³-hybridized carbons (Fsp3) is 0.500. The molecule has 0 spiro atoms. The van der Waals surface area contributed by atoms with E-state index in [1.165, 1.54) is 45.1 Å². The zero-order chi connectivity index (χ0) is 20.8. The molecule has 0 radical (unpaired) electrons. The van der Waals surface area contributed by atoms with Crippen LogP contribution in [0.4, 0.5) is 0 Å². The van der Waals surface area contributed by atoms with E-state index in [1.54, 1.807) is 35.4 Å². The molecule has 2 saturated carbocycles. The Kier molecular flexibility index (Phi) is 6.06. The quantitative estimate of drug-likeness (QED) is 0.649. The molecule has 3 atom stereocenters. The van der Waals surface area contributed by atoms with Gasteiger partial charge in [0, 0.05) is 11.5 Å². The lowest BCUT2D eigenvalue weighted by atomic mass is 9.53. The number of carbonyl (C=O) groups excluding carboxylic acids is 1. The van der Waals surface area contributed by atoms with Crippen LogP contribution < -0.4 is 11.1 Å². The summed E-state index contributed by atoms with van der Waals surface area (Å²) < 4.78 is 0. The number of amides is 1. The highest BCUT2D eigenvalue weighted by molar-refractivity contribution is 5.89. The predicted molar refractivity (Wildman–Crippen MR) is 126 cm³/mol. The number of primary amides is 1. The van der Waals surface area contributed by atoms with Crippen molar-refractivity contribution in [3.8, 4) is 5.75 Å². The molecular formula is C26H33ClN2O2. The minimum absolute atomic E-state index is 0. The van der Waals surface area contributed by atoms with Crippen LogP contribution in [0.2, 0.25) is 0 Å². The first kappa shape index (κ1) is 22.2. The Balaban J connectivity index is 0.000000150. The van der Waals surface area contributed by atoms with Gasteiger partial charge in [-0.1, -0.05) is 49.2 Å². The van der Waals surface area contributed by atoms with Gasteiger partial charge in [0.15, 0.2) is 0 Å². The van der Waals surface area contributed by atoms with Crippen LogP contribution in [0, 0.1) is 5.92 Å². The van der Waals surface area contributed by atoms with E-state index in [1.807, 2.05) is 0 Å². The van der Waals surface area contributed by atoms with Crippen molar-refractivity contribution in [1.29, 1.82) is 0 Å². The normalized spacial score (nSPS) is 29.2. The average molecular weight is 441 g/mol. The zero-order valence-electron chi connectivity index (χ0n) is 18.0. The molecular weight excluding hydrogens is 408 g/mol. The number of aromatic hydroxyl groups is 1. The molecule has 4 nitrogen and oxygen atoms in total. The highest BCUT2D eigenvalue weighted by atomic mass is 35.5. The molecule has 2 aromatic carbocycles. The maximum Gasteiger partial charge on any atom is 0.228 e. The second kappa shape index (κ2) is 8.48. The molecule has 2 aromatic rings. The first-order valence-corrected chi connectivity index (χ1v) is 11.5. The number of phenols is 1. The Morgan fingerprint density at radius 1 is 1.00 bits per heavy atom. The van der Waals surface area contributed by atoms with Gasteiger partial charge in [0.05, 0.1) is 5.41 Å². The van der Waals surface area contributed by atoms with Gasteiger partial charge in [-0.05, 0) is 79.8 Å². The van der Waals surface area contributed by atoms with Gasteiger partial charge in [0.25, 0.3) is 0 Å². The minimum atomic E-state index is -0.437. The summed E-state index contributed by atoms with van der Waals surface area (Å²) in [7, 11) is 0. The lowest BCUT2D eigenvalue weighted by molar-refractivity contribution is -0.120. The summed E-state index contributed by atoms with van der Waals surface area (Å²) in [6, 6.07) is 16.7. The highest BCUT2D eigenvalue weighted by Gasteiger charge is 2.51. The molecule has 3 fully saturated rings. The van der Waals surface area contributed by atoms with E-state index < -0.39 is 5.41 Å².